The number of phenolic OH excluding ortho intramolecular Hbond substituents is 1. The Hall–Kier alpha value is -1.77. The van der Waals surface area contributed by atoms with E-state index >= 15 is 0 Å². The lowest BCUT2D eigenvalue weighted by Crippen LogP contribution is -2.26. The molecule has 0 aromatic heterocycles. The lowest BCUT2D eigenvalue weighted by Gasteiger charge is -2.10. The Balaban J connectivity index is 1.91. The topological polar surface area (TPSA) is 83.0 Å². The lowest BCUT2D eigenvalue weighted by atomic mass is 10.2. The molecular formula is C16H14Br2ClN3O3. The number of aromatic hydroxyl groups is 1. The fraction of sp³-hybridized carbons (Fsp3) is 0.125. The molecule has 2 aromatic carbocycles. The fourth-order valence-corrected chi connectivity index (χ4v) is 3.82. The molecule has 0 bridgehead atoms. The van der Waals surface area contributed by atoms with Gasteiger partial charge in [0.15, 0.2) is 11.5 Å². The van der Waals surface area contributed by atoms with Crippen LogP contribution in [-0.2, 0) is 4.79 Å². The van der Waals surface area contributed by atoms with E-state index in [4.69, 9.17) is 16.3 Å². The standard InChI is InChI=1S/C16H14Br2ClN3O3/c1-25-14-4-9(2-3-13(14)23)7-21-22-15(24)8-20-16-11(17)5-10(19)6-12(16)18/h2-7,20,23H,8H2,1H3,(H,22,24)/b21-7-. The molecule has 6 nitrogen and oxygen atoms in total. The van der Waals surface area contributed by atoms with Crippen molar-refractivity contribution in [2.24, 2.45) is 5.10 Å². The molecule has 0 heterocycles. The minimum atomic E-state index is -0.323. The van der Waals surface area contributed by atoms with E-state index in [-0.39, 0.29) is 18.2 Å². The number of benzene rings is 2. The molecule has 1 amide bonds. The quantitative estimate of drug-likeness (QED) is 0.419. The van der Waals surface area contributed by atoms with Gasteiger partial charge in [-0.2, -0.15) is 5.10 Å². The number of carbonyl (C=O) groups excluding carboxylic acids is 1. The molecule has 0 fully saturated rings. The van der Waals surface area contributed by atoms with E-state index in [2.05, 4.69) is 47.7 Å². The summed E-state index contributed by atoms with van der Waals surface area (Å²) in [6, 6.07) is 8.18. The number of halogens is 3. The van der Waals surface area contributed by atoms with Gasteiger partial charge in [-0.1, -0.05) is 11.6 Å². The predicted octanol–water partition coefficient (Wildman–Crippen LogP) is 4.14. The molecule has 9 heteroatoms. The number of nitrogens with one attached hydrogen (secondary N) is 2. The SMILES string of the molecule is COc1cc(/C=N\NC(=O)CNc2c(Br)cc(Cl)cc2Br)ccc1O. The highest BCUT2D eigenvalue weighted by molar-refractivity contribution is 9.11. The smallest absolute Gasteiger partial charge is 0.259 e. The summed E-state index contributed by atoms with van der Waals surface area (Å²) in [6.45, 7) is 0.0229. The van der Waals surface area contributed by atoms with Crippen molar-refractivity contribution in [3.05, 3.63) is 49.9 Å². The molecule has 0 spiro atoms. The van der Waals surface area contributed by atoms with E-state index in [0.29, 0.717) is 22.0 Å². The molecule has 0 unspecified atom stereocenters. The van der Waals surface area contributed by atoms with Crippen molar-refractivity contribution >= 4 is 61.3 Å². The first-order chi connectivity index (χ1) is 11.9. The summed E-state index contributed by atoms with van der Waals surface area (Å²) in [5, 5.41) is 17.0. The van der Waals surface area contributed by atoms with E-state index in [9.17, 15) is 9.90 Å². The van der Waals surface area contributed by atoms with Crippen LogP contribution in [0.15, 0.2) is 44.4 Å². The van der Waals surface area contributed by atoms with Gasteiger partial charge in [-0.05, 0) is 67.8 Å². The minimum Gasteiger partial charge on any atom is -0.504 e. The third-order valence-electron chi connectivity index (χ3n) is 3.04. The minimum absolute atomic E-state index is 0.0229. The van der Waals surface area contributed by atoms with Crippen LogP contribution in [0.25, 0.3) is 0 Å². The first-order valence-corrected chi connectivity index (χ1v) is 8.94. The zero-order chi connectivity index (χ0) is 18.4. The van der Waals surface area contributed by atoms with Gasteiger partial charge in [0.25, 0.3) is 5.91 Å². The van der Waals surface area contributed by atoms with Gasteiger partial charge in [0, 0.05) is 14.0 Å². The molecule has 2 aromatic rings. The van der Waals surface area contributed by atoms with Crippen LogP contribution in [0.4, 0.5) is 5.69 Å². The van der Waals surface area contributed by atoms with Crippen LogP contribution in [0.2, 0.25) is 5.02 Å². The van der Waals surface area contributed by atoms with Crippen molar-refractivity contribution in [2.75, 3.05) is 19.0 Å². The Kier molecular flexibility index (Phi) is 7.10. The molecule has 0 aliphatic carbocycles. The molecule has 0 aliphatic heterocycles. The maximum atomic E-state index is 11.9. The van der Waals surface area contributed by atoms with Gasteiger partial charge in [-0.15, -0.1) is 0 Å². The molecule has 0 radical (unpaired) electrons. The molecule has 3 N–H and O–H groups in total. The van der Waals surface area contributed by atoms with Crippen LogP contribution in [0.5, 0.6) is 11.5 Å². The first kappa shape index (κ1) is 19.6. The number of hydrazone groups is 1. The van der Waals surface area contributed by atoms with Crippen molar-refractivity contribution in [1.29, 1.82) is 0 Å². The number of amides is 1. The van der Waals surface area contributed by atoms with Crippen molar-refractivity contribution in [2.45, 2.75) is 0 Å². The van der Waals surface area contributed by atoms with Crippen molar-refractivity contribution < 1.29 is 14.6 Å². The highest BCUT2D eigenvalue weighted by Crippen LogP contribution is 2.34. The van der Waals surface area contributed by atoms with Gasteiger partial charge >= 0.3 is 0 Å². The van der Waals surface area contributed by atoms with E-state index in [1.807, 2.05) is 0 Å². The summed E-state index contributed by atoms with van der Waals surface area (Å²) in [7, 11) is 1.45. The summed E-state index contributed by atoms with van der Waals surface area (Å²) < 4.78 is 6.48. The number of methoxy groups -OCH3 is 1. The van der Waals surface area contributed by atoms with Crippen molar-refractivity contribution in [3.63, 3.8) is 0 Å². The van der Waals surface area contributed by atoms with E-state index < -0.39 is 0 Å². The molecule has 0 saturated heterocycles. The lowest BCUT2D eigenvalue weighted by molar-refractivity contribution is -0.119. The highest BCUT2D eigenvalue weighted by atomic mass is 79.9. The summed E-state index contributed by atoms with van der Waals surface area (Å²) >= 11 is 12.7. The molecule has 2 rings (SSSR count). The number of hydrogen-bond donors (Lipinski definition) is 3. The largest absolute Gasteiger partial charge is 0.504 e. The Morgan fingerprint density at radius 3 is 2.64 bits per heavy atom. The maximum absolute atomic E-state index is 11.9. The molecule has 0 aliphatic rings. The normalized spacial score (nSPS) is 10.7. The zero-order valence-corrected chi connectivity index (χ0v) is 16.9. The van der Waals surface area contributed by atoms with Crippen LogP contribution in [-0.4, -0.2) is 30.9 Å². The van der Waals surface area contributed by atoms with Gasteiger partial charge in [-0.25, -0.2) is 5.43 Å². The number of carbonyl (C=O) groups is 1. The van der Waals surface area contributed by atoms with Crippen LogP contribution < -0.4 is 15.5 Å². The first-order valence-electron chi connectivity index (χ1n) is 6.98. The fourth-order valence-electron chi connectivity index (χ4n) is 1.87. The Morgan fingerprint density at radius 2 is 2.00 bits per heavy atom. The molecule has 132 valence electrons. The van der Waals surface area contributed by atoms with Gasteiger partial charge < -0.3 is 15.2 Å². The monoisotopic (exact) mass is 489 g/mol. The number of anilines is 1. The van der Waals surface area contributed by atoms with Gasteiger partial charge in [0.2, 0.25) is 0 Å². The van der Waals surface area contributed by atoms with Gasteiger partial charge in [0.05, 0.1) is 25.6 Å². The second-order valence-corrected chi connectivity index (χ2v) is 6.97. The Labute approximate surface area is 166 Å². The zero-order valence-electron chi connectivity index (χ0n) is 13.0. The Bertz CT molecular complexity index is 792. The van der Waals surface area contributed by atoms with Crippen LogP contribution in [0.3, 0.4) is 0 Å². The third-order valence-corrected chi connectivity index (χ3v) is 4.51. The van der Waals surface area contributed by atoms with Gasteiger partial charge in [-0.3, -0.25) is 4.79 Å². The summed E-state index contributed by atoms with van der Waals surface area (Å²) in [5.74, 6) is 0.0390. The average Bonchev–Trinajstić information content (AvgIpc) is 2.55. The van der Waals surface area contributed by atoms with E-state index in [1.54, 1.807) is 24.3 Å². The molecule has 25 heavy (non-hydrogen) atoms. The highest BCUT2D eigenvalue weighted by Gasteiger charge is 2.08. The second-order valence-electron chi connectivity index (χ2n) is 4.82. The van der Waals surface area contributed by atoms with Crippen molar-refractivity contribution in [1.82, 2.24) is 5.43 Å². The molecule has 0 atom stereocenters. The van der Waals surface area contributed by atoms with E-state index in [1.165, 1.54) is 19.4 Å². The van der Waals surface area contributed by atoms with Crippen LogP contribution in [0.1, 0.15) is 5.56 Å². The summed E-state index contributed by atoms with van der Waals surface area (Å²) in [6.07, 6.45) is 1.45. The number of hydrogen-bond acceptors (Lipinski definition) is 5. The number of phenols is 1. The van der Waals surface area contributed by atoms with Crippen molar-refractivity contribution in [3.8, 4) is 11.5 Å². The number of nitrogens with zero attached hydrogens (tertiary/aromatic N) is 1. The maximum Gasteiger partial charge on any atom is 0.259 e. The summed E-state index contributed by atoms with van der Waals surface area (Å²) in [4.78, 5) is 11.9. The van der Waals surface area contributed by atoms with Crippen LogP contribution in [0, 0.1) is 0 Å². The predicted molar refractivity (Wildman–Crippen MR) is 106 cm³/mol. The number of ether oxygens (including phenoxy) is 1. The Morgan fingerprint density at radius 1 is 1.32 bits per heavy atom. The van der Waals surface area contributed by atoms with Crippen LogP contribution >= 0.6 is 43.5 Å². The van der Waals surface area contributed by atoms with E-state index in [0.717, 1.165) is 8.95 Å². The molecule has 0 saturated carbocycles. The summed E-state index contributed by atoms with van der Waals surface area (Å²) in [5.41, 5.74) is 3.80. The average molecular weight is 492 g/mol. The third kappa shape index (κ3) is 5.62. The van der Waals surface area contributed by atoms with Gasteiger partial charge in [0.1, 0.15) is 0 Å². The number of rotatable bonds is 6. The molecular weight excluding hydrogens is 477 g/mol. The second kappa shape index (κ2) is 9.07.